The number of hydrogen-bond donors (Lipinski definition) is 1. The molecule has 6 heteroatoms. The first-order chi connectivity index (χ1) is 9.62. The normalized spacial score (nSPS) is 12.4. The van der Waals surface area contributed by atoms with Gasteiger partial charge in [0.25, 0.3) is 0 Å². The highest BCUT2D eigenvalue weighted by atomic mass is 35.5. The number of nitrogens with zero attached hydrogens (tertiary/aromatic N) is 2. The Morgan fingerprint density at radius 3 is 2.85 bits per heavy atom. The van der Waals surface area contributed by atoms with Gasteiger partial charge in [0.15, 0.2) is 5.75 Å². The molecule has 1 N–H and O–H groups in total. The van der Waals surface area contributed by atoms with Crippen molar-refractivity contribution in [2.45, 2.75) is 19.5 Å². The summed E-state index contributed by atoms with van der Waals surface area (Å²) in [5.41, 5.74) is 1.24. The lowest BCUT2D eigenvalue weighted by molar-refractivity contribution is 0.400. The van der Waals surface area contributed by atoms with Crippen LogP contribution in [0, 0.1) is 5.82 Å². The van der Waals surface area contributed by atoms with Crippen molar-refractivity contribution in [1.82, 2.24) is 15.1 Å². The summed E-state index contributed by atoms with van der Waals surface area (Å²) in [5.74, 6) is 0.297. The lowest BCUT2D eigenvalue weighted by atomic mass is 10.0. The molecule has 0 aliphatic rings. The zero-order valence-corrected chi connectivity index (χ0v) is 12.4. The number of hydrogen-bond acceptors (Lipinski definition) is 3. The maximum Gasteiger partial charge on any atom is 0.161 e. The van der Waals surface area contributed by atoms with Crippen molar-refractivity contribution in [3.63, 3.8) is 0 Å². The van der Waals surface area contributed by atoms with E-state index in [0.29, 0.717) is 22.9 Å². The van der Waals surface area contributed by atoms with Gasteiger partial charge >= 0.3 is 0 Å². The number of aromatic nitrogens is 2. The molecular formula is C14H17ClFN3O. The Labute approximate surface area is 122 Å². The van der Waals surface area contributed by atoms with Crippen LogP contribution in [0.3, 0.4) is 0 Å². The van der Waals surface area contributed by atoms with E-state index in [2.05, 4.69) is 10.4 Å². The number of ether oxygens (including phenoxy) is 1. The third kappa shape index (κ3) is 2.64. The molecular weight excluding hydrogens is 281 g/mol. The summed E-state index contributed by atoms with van der Waals surface area (Å²) in [4.78, 5) is 0. The van der Waals surface area contributed by atoms with Crippen LogP contribution in [0.25, 0.3) is 0 Å². The molecule has 0 amide bonds. The largest absolute Gasteiger partial charge is 0.493 e. The fourth-order valence-corrected chi connectivity index (χ4v) is 2.43. The minimum atomic E-state index is -0.383. The maximum atomic E-state index is 14.1. The lowest BCUT2D eigenvalue weighted by Gasteiger charge is -2.20. The van der Waals surface area contributed by atoms with Gasteiger partial charge in [0.05, 0.1) is 19.3 Å². The van der Waals surface area contributed by atoms with E-state index in [1.807, 2.05) is 6.92 Å². The fourth-order valence-electron chi connectivity index (χ4n) is 2.25. The Hall–Kier alpha value is -1.59. The minimum absolute atomic E-state index is 0.320. The average Bonchev–Trinajstić information content (AvgIpc) is 2.86. The summed E-state index contributed by atoms with van der Waals surface area (Å²) < 4.78 is 21.2. The summed E-state index contributed by atoms with van der Waals surface area (Å²) in [7, 11) is 3.33. The number of nitrogens with one attached hydrogen (secondary N) is 1. The Bertz CT molecular complexity index is 579. The Morgan fingerprint density at radius 1 is 1.50 bits per heavy atom. The third-order valence-corrected chi connectivity index (χ3v) is 3.43. The monoisotopic (exact) mass is 297 g/mol. The van der Waals surface area contributed by atoms with Gasteiger partial charge in [0, 0.05) is 17.1 Å². The predicted molar refractivity (Wildman–Crippen MR) is 76.8 cm³/mol. The van der Waals surface area contributed by atoms with Gasteiger partial charge < -0.3 is 10.1 Å². The molecule has 2 rings (SSSR count). The van der Waals surface area contributed by atoms with Crippen LogP contribution in [0.1, 0.15) is 24.2 Å². The van der Waals surface area contributed by atoms with E-state index in [4.69, 9.17) is 16.3 Å². The highest BCUT2D eigenvalue weighted by molar-refractivity contribution is 6.30. The van der Waals surface area contributed by atoms with E-state index in [-0.39, 0.29) is 11.9 Å². The van der Waals surface area contributed by atoms with Crippen molar-refractivity contribution < 1.29 is 9.13 Å². The van der Waals surface area contributed by atoms with Gasteiger partial charge in [-0.05, 0) is 32.2 Å². The van der Waals surface area contributed by atoms with E-state index < -0.39 is 0 Å². The molecule has 0 radical (unpaired) electrons. The summed E-state index contributed by atoms with van der Waals surface area (Å²) in [6.07, 6.45) is 1.63. The maximum absolute atomic E-state index is 14.1. The van der Waals surface area contributed by atoms with Gasteiger partial charge in [-0.25, -0.2) is 4.39 Å². The van der Waals surface area contributed by atoms with Crippen LogP contribution in [0.5, 0.6) is 5.75 Å². The SMILES string of the molecule is CCn1ncc(OC)c1C(NC)c1cc(Cl)ccc1F. The number of benzene rings is 1. The second-order valence-corrected chi connectivity index (χ2v) is 4.74. The molecule has 1 unspecified atom stereocenters. The molecule has 1 atom stereocenters. The second-order valence-electron chi connectivity index (χ2n) is 4.30. The van der Waals surface area contributed by atoms with Gasteiger partial charge in [0.1, 0.15) is 11.5 Å². The van der Waals surface area contributed by atoms with Gasteiger partial charge in [-0.1, -0.05) is 11.6 Å². The van der Waals surface area contributed by atoms with Crippen LogP contribution >= 0.6 is 11.6 Å². The van der Waals surface area contributed by atoms with Gasteiger partial charge in [-0.3, -0.25) is 4.68 Å². The second kappa shape index (κ2) is 6.24. The number of rotatable bonds is 5. The van der Waals surface area contributed by atoms with E-state index in [9.17, 15) is 4.39 Å². The first kappa shape index (κ1) is 14.8. The van der Waals surface area contributed by atoms with Crippen molar-refractivity contribution in [3.8, 4) is 5.75 Å². The van der Waals surface area contributed by atoms with Crippen LogP contribution in [0.15, 0.2) is 24.4 Å². The van der Waals surface area contributed by atoms with E-state index in [0.717, 1.165) is 5.69 Å². The molecule has 0 saturated heterocycles. The number of halogens is 2. The van der Waals surface area contributed by atoms with Crippen LogP contribution in [0.2, 0.25) is 5.02 Å². The molecule has 0 fully saturated rings. The lowest BCUT2D eigenvalue weighted by Crippen LogP contribution is -2.23. The molecule has 0 saturated carbocycles. The predicted octanol–water partition coefficient (Wildman–Crippen LogP) is 3.01. The van der Waals surface area contributed by atoms with Crippen LogP contribution < -0.4 is 10.1 Å². The van der Waals surface area contributed by atoms with Crippen LogP contribution in [-0.2, 0) is 6.54 Å². The van der Waals surface area contributed by atoms with Gasteiger partial charge in [-0.2, -0.15) is 5.10 Å². The Kier molecular flexibility index (Phi) is 4.62. The smallest absolute Gasteiger partial charge is 0.161 e. The highest BCUT2D eigenvalue weighted by Gasteiger charge is 2.24. The van der Waals surface area contributed by atoms with E-state index >= 15 is 0 Å². The van der Waals surface area contributed by atoms with Crippen molar-refractivity contribution >= 4 is 11.6 Å². The number of methoxy groups -OCH3 is 1. The molecule has 4 nitrogen and oxygen atoms in total. The van der Waals surface area contributed by atoms with E-state index in [1.165, 1.54) is 12.1 Å². The summed E-state index contributed by atoms with van der Waals surface area (Å²) >= 11 is 5.98. The zero-order chi connectivity index (χ0) is 14.7. The molecule has 1 heterocycles. The molecule has 108 valence electrons. The molecule has 2 aromatic rings. The first-order valence-electron chi connectivity index (χ1n) is 6.34. The molecule has 0 aliphatic carbocycles. The Balaban J connectivity index is 2.57. The van der Waals surface area contributed by atoms with Gasteiger partial charge in [0.2, 0.25) is 0 Å². The summed E-state index contributed by atoms with van der Waals surface area (Å²) in [6, 6.07) is 4.12. The standard InChI is InChI=1S/C14H17ClFN3O/c1-4-19-14(12(20-3)8-18-19)13(17-2)10-7-9(15)5-6-11(10)16/h5-8,13,17H,4H2,1-3H3. The molecule has 20 heavy (non-hydrogen) atoms. The van der Waals surface area contributed by atoms with Crippen molar-refractivity contribution in [1.29, 1.82) is 0 Å². The Morgan fingerprint density at radius 2 is 2.25 bits per heavy atom. The molecule has 0 bridgehead atoms. The summed E-state index contributed by atoms with van der Waals surface area (Å²) in [5, 5.41) is 7.84. The van der Waals surface area contributed by atoms with Gasteiger partial charge in [-0.15, -0.1) is 0 Å². The number of aryl methyl sites for hydroxylation is 1. The van der Waals surface area contributed by atoms with E-state index in [1.54, 1.807) is 31.1 Å². The van der Waals surface area contributed by atoms with Crippen molar-refractivity contribution in [3.05, 3.63) is 46.5 Å². The van der Waals surface area contributed by atoms with Crippen molar-refractivity contribution in [2.75, 3.05) is 14.2 Å². The minimum Gasteiger partial charge on any atom is -0.493 e. The molecule has 0 spiro atoms. The van der Waals surface area contributed by atoms with Crippen LogP contribution in [-0.4, -0.2) is 23.9 Å². The molecule has 1 aromatic carbocycles. The highest BCUT2D eigenvalue weighted by Crippen LogP contribution is 2.32. The molecule has 0 aliphatic heterocycles. The third-order valence-electron chi connectivity index (χ3n) is 3.20. The zero-order valence-electron chi connectivity index (χ0n) is 11.7. The topological polar surface area (TPSA) is 39.1 Å². The summed E-state index contributed by atoms with van der Waals surface area (Å²) in [6.45, 7) is 2.63. The quantitative estimate of drug-likeness (QED) is 0.922. The fraction of sp³-hybridized carbons (Fsp3) is 0.357. The van der Waals surface area contributed by atoms with Crippen LogP contribution in [0.4, 0.5) is 4.39 Å². The average molecular weight is 298 g/mol. The van der Waals surface area contributed by atoms with Crippen molar-refractivity contribution in [2.24, 2.45) is 0 Å². The molecule has 1 aromatic heterocycles. The first-order valence-corrected chi connectivity index (χ1v) is 6.72.